The molecular formula is C21H18ClNO5S. The first-order valence-electron chi connectivity index (χ1n) is 8.61. The molecule has 2 aromatic carbocycles. The number of Topliss-reactive ketones (excluding diaryl/α,β-unsaturated/α-hetero) is 1. The van der Waals surface area contributed by atoms with E-state index in [2.05, 4.69) is 4.98 Å². The van der Waals surface area contributed by atoms with Crippen LogP contribution in [-0.4, -0.2) is 37.1 Å². The number of hydrogen-bond acceptors (Lipinski definition) is 7. The number of ether oxygens (including phenoxy) is 3. The number of carbonyl (C=O) groups is 2. The van der Waals surface area contributed by atoms with Crippen LogP contribution in [0.3, 0.4) is 0 Å². The molecule has 0 saturated carbocycles. The number of rotatable bonds is 7. The van der Waals surface area contributed by atoms with E-state index in [1.165, 1.54) is 18.3 Å². The van der Waals surface area contributed by atoms with Crippen LogP contribution in [-0.2, 0) is 4.74 Å². The minimum Gasteiger partial charge on any atom is -0.493 e. The summed E-state index contributed by atoms with van der Waals surface area (Å²) in [6.07, 6.45) is -0.949. The molecule has 0 bridgehead atoms. The van der Waals surface area contributed by atoms with Gasteiger partial charge >= 0.3 is 5.97 Å². The van der Waals surface area contributed by atoms with Crippen molar-refractivity contribution in [3.63, 3.8) is 0 Å². The molecule has 0 aliphatic heterocycles. The monoisotopic (exact) mass is 431 g/mol. The Hall–Kier alpha value is -2.90. The molecule has 0 fully saturated rings. The van der Waals surface area contributed by atoms with Crippen LogP contribution in [0.25, 0.3) is 10.6 Å². The molecule has 1 heterocycles. The number of halogens is 1. The molecular weight excluding hydrogens is 414 g/mol. The predicted molar refractivity (Wildman–Crippen MR) is 111 cm³/mol. The first kappa shape index (κ1) is 20.8. The predicted octanol–water partition coefficient (Wildman–Crippen LogP) is 4.91. The van der Waals surface area contributed by atoms with E-state index in [0.29, 0.717) is 27.1 Å². The smallest absolute Gasteiger partial charge is 0.358 e. The van der Waals surface area contributed by atoms with Gasteiger partial charge in [0.05, 0.1) is 14.2 Å². The highest BCUT2D eigenvalue weighted by Crippen LogP contribution is 2.33. The number of esters is 1. The van der Waals surface area contributed by atoms with Crippen molar-refractivity contribution >= 4 is 34.7 Å². The van der Waals surface area contributed by atoms with Crippen molar-refractivity contribution < 1.29 is 23.8 Å². The lowest BCUT2D eigenvalue weighted by Crippen LogP contribution is -2.24. The Labute approximate surface area is 177 Å². The van der Waals surface area contributed by atoms with Gasteiger partial charge in [-0.2, -0.15) is 0 Å². The molecule has 29 heavy (non-hydrogen) atoms. The van der Waals surface area contributed by atoms with Crippen LogP contribution in [0.1, 0.15) is 27.8 Å². The molecule has 1 atom stereocenters. The third kappa shape index (κ3) is 4.75. The second-order valence-corrected chi connectivity index (χ2v) is 7.32. The normalized spacial score (nSPS) is 11.6. The number of thiazole rings is 1. The Balaban J connectivity index is 1.72. The van der Waals surface area contributed by atoms with E-state index < -0.39 is 12.1 Å². The zero-order chi connectivity index (χ0) is 21.0. The molecule has 8 heteroatoms. The van der Waals surface area contributed by atoms with Crippen LogP contribution in [0, 0.1) is 0 Å². The van der Waals surface area contributed by atoms with E-state index in [9.17, 15) is 9.59 Å². The quantitative estimate of drug-likeness (QED) is 0.391. The number of benzene rings is 2. The van der Waals surface area contributed by atoms with E-state index in [1.807, 2.05) is 6.07 Å². The highest BCUT2D eigenvalue weighted by atomic mass is 35.5. The van der Waals surface area contributed by atoms with Crippen molar-refractivity contribution in [3.05, 3.63) is 64.1 Å². The lowest BCUT2D eigenvalue weighted by molar-refractivity contribution is 0.0314. The van der Waals surface area contributed by atoms with Gasteiger partial charge in [-0.3, -0.25) is 4.79 Å². The van der Waals surface area contributed by atoms with E-state index >= 15 is 0 Å². The van der Waals surface area contributed by atoms with Crippen molar-refractivity contribution in [3.8, 4) is 22.1 Å². The second kappa shape index (κ2) is 9.07. The summed E-state index contributed by atoms with van der Waals surface area (Å²) in [5, 5.41) is 2.74. The standard InChI is InChI=1S/C21H18ClNO5S/c1-12(19(24)13-4-7-15(22)8-5-13)28-21(25)16-11-29-20(23-16)14-6-9-17(26-2)18(10-14)27-3/h4-12H,1-3H3. The maximum absolute atomic E-state index is 12.4. The van der Waals surface area contributed by atoms with Crippen molar-refractivity contribution in [2.24, 2.45) is 0 Å². The molecule has 1 unspecified atom stereocenters. The maximum Gasteiger partial charge on any atom is 0.358 e. The minimum atomic E-state index is -0.949. The van der Waals surface area contributed by atoms with Gasteiger partial charge in [-0.15, -0.1) is 11.3 Å². The van der Waals surface area contributed by atoms with Crippen molar-refractivity contribution in [1.29, 1.82) is 0 Å². The molecule has 0 aliphatic carbocycles. The topological polar surface area (TPSA) is 74.7 Å². The molecule has 150 valence electrons. The fraction of sp³-hybridized carbons (Fsp3) is 0.190. The molecule has 1 aromatic heterocycles. The average molecular weight is 432 g/mol. The molecule has 0 spiro atoms. The first-order chi connectivity index (χ1) is 13.9. The van der Waals surface area contributed by atoms with Crippen LogP contribution < -0.4 is 9.47 Å². The van der Waals surface area contributed by atoms with E-state index in [1.54, 1.807) is 56.0 Å². The van der Waals surface area contributed by atoms with Gasteiger partial charge in [0.1, 0.15) is 5.01 Å². The van der Waals surface area contributed by atoms with Gasteiger partial charge in [0.25, 0.3) is 0 Å². The van der Waals surface area contributed by atoms with Gasteiger partial charge < -0.3 is 14.2 Å². The van der Waals surface area contributed by atoms with Crippen LogP contribution >= 0.6 is 22.9 Å². The van der Waals surface area contributed by atoms with Crippen LogP contribution in [0.15, 0.2) is 47.8 Å². The molecule has 0 amide bonds. The average Bonchev–Trinajstić information content (AvgIpc) is 3.23. The highest BCUT2D eigenvalue weighted by molar-refractivity contribution is 7.13. The molecule has 0 saturated heterocycles. The summed E-state index contributed by atoms with van der Waals surface area (Å²) in [6, 6.07) is 11.8. The summed E-state index contributed by atoms with van der Waals surface area (Å²) in [5.74, 6) is 0.182. The molecule has 3 aromatic rings. The van der Waals surface area contributed by atoms with Gasteiger partial charge in [-0.05, 0) is 49.4 Å². The van der Waals surface area contributed by atoms with Crippen molar-refractivity contribution in [2.45, 2.75) is 13.0 Å². The van der Waals surface area contributed by atoms with Crippen LogP contribution in [0.5, 0.6) is 11.5 Å². The SMILES string of the molecule is COc1ccc(-c2nc(C(=O)OC(C)C(=O)c3ccc(Cl)cc3)cs2)cc1OC. The molecule has 3 rings (SSSR count). The second-order valence-electron chi connectivity index (χ2n) is 6.03. The van der Waals surface area contributed by atoms with Crippen LogP contribution in [0.4, 0.5) is 0 Å². The number of methoxy groups -OCH3 is 2. The highest BCUT2D eigenvalue weighted by Gasteiger charge is 2.22. The zero-order valence-corrected chi connectivity index (χ0v) is 17.5. The molecule has 0 N–H and O–H groups in total. The third-order valence-corrected chi connectivity index (χ3v) is 5.27. The Morgan fingerprint density at radius 3 is 2.38 bits per heavy atom. The number of ketones is 1. The lowest BCUT2D eigenvalue weighted by Gasteiger charge is -2.11. The Morgan fingerprint density at radius 2 is 1.72 bits per heavy atom. The number of hydrogen-bond donors (Lipinski definition) is 0. The molecule has 6 nitrogen and oxygen atoms in total. The van der Waals surface area contributed by atoms with Gasteiger partial charge in [0, 0.05) is 21.5 Å². The van der Waals surface area contributed by atoms with Crippen LogP contribution in [0.2, 0.25) is 5.02 Å². The summed E-state index contributed by atoms with van der Waals surface area (Å²) in [4.78, 5) is 29.2. The van der Waals surface area contributed by atoms with Crippen molar-refractivity contribution in [1.82, 2.24) is 4.98 Å². The summed E-state index contributed by atoms with van der Waals surface area (Å²) < 4.78 is 15.8. The summed E-state index contributed by atoms with van der Waals surface area (Å²) >= 11 is 7.12. The van der Waals surface area contributed by atoms with E-state index in [4.69, 9.17) is 25.8 Å². The summed E-state index contributed by atoms with van der Waals surface area (Å²) in [7, 11) is 3.10. The maximum atomic E-state index is 12.4. The van der Waals surface area contributed by atoms with Crippen molar-refractivity contribution in [2.75, 3.05) is 14.2 Å². The summed E-state index contributed by atoms with van der Waals surface area (Å²) in [6.45, 7) is 1.52. The fourth-order valence-corrected chi connectivity index (χ4v) is 3.50. The van der Waals surface area contributed by atoms with Gasteiger partial charge in [0.2, 0.25) is 5.78 Å². The Bertz CT molecular complexity index is 1030. The molecule has 0 aliphatic rings. The largest absolute Gasteiger partial charge is 0.493 e. The fourth-order valence-electron chi connectivity index (χ4n) is 2.59. The van der Waals surface area contributed by atoms with Gasteiger partial charge in [-0.1, -0.05) is 11.6 Å². The van der Waals surface area contributed by atoms with Gasteiger partial charge in [0.15, 0.2) is 23.3 Å². The first-order valence-corrected chi connectivity index (χ1v) is 9.87. The summed E-state index contributed by atoms with van der Waals surface area (Å²) in [5.41, 5.74) is 1.33. The van der Waals surface area contributed by atoms with E-state index in [-0.39, 0.29) is 11.5 Å². The molecule has 0 radical (unpaired) electrons. The number of nitrogens with zero attached hydrogens (tertiary/aromatic N) is 1. The van der Waals surface area contributed by atoms with E-state index in [0.717, 1.165) is 5.56 Å². The third-order valence-electron chi connectivity index (χ3n) is 4.13. The lowest BCUT2D eigenvalue weighted by atomic mass is 10.1. The zero-order valence-electron chi connectivity index (χ0n) is 16.0. The Morgan fingerprint density at radius 1 is 1.03 bits per heavy atom. The van der Waals surface area contributed by atoms with Gasteiger partial charge in [-0.25, -0.2) is 9.78 Å². The number of carbonyl (C=O) groups excluding carboxylic acids is 2. The number of aromatic nitrogens is 1. The Kier molecular flexibility index (Phi) is 6.51. The minimum absolute atomic E-state index is 0.135.